The van der Waals surface area contributed by atoms with E-state index in [2.05, 4.69) is 32.1 Å². The summed E-state index contributed by atoms with van der Waals surface area (Å²) in [7, 11) is 5.58. The molecule has 3 heterocycles. The summed E-state index contributed by atoms with van der Waals surface area (Å²) in [5.74, 6) is -3.54. The Morgan fingerprint density at radius 2 is 1.54 bits per heavy atom. The molecule has 5 rings (SSSR count). The molecule has 0 spiro atoms. The number of carbonyl (C=O) groups excluding carboxylic acids is 4. The lowest BCUT2D eigenvalue weighted by Crippen LogP contribution is -2.60. The molecule has 20 heteroatoms. The van der Waals surface area contributed by atoms with E-state index in [4.69, 9.17) is 33.2 Å². The van der Waals surface area contributed by atoms with Gasteiger partial charge in [0, 0.05) is 53.5 Å². The Morgan fingerprint density at radius 3 is 2.17 bits per heavy atom. The Hall–Kier alpha value is -4.22. The number of nitrogens with one attached hydrogen (secondary N) is 3. The fourth-order valence-corrected chi connectivity index (χ4v) is 11.2. The number of halogens is 1. The maximum Gasteiger partial charge on any atom is 0.426 e. The number of benzene rings is 2. The van der Waals surface area contributed by atoms with Gasteiger partial charge in [-0.3, -0.25) is 19.9 Å². The van der Waals surface area contributed by atoms with E-state index in [1.807, 2.05) is 120 Å². The maximum absolute atomic E-state index is 14.8. The fourth-order valence-electron chi connectivity index (χ4n) is 11.0. The summed E-state index contributed by atoms with van der Waals surface area (Å²) in [6.07, 6.45) is -8.52. The van der Waals surface area contributed by atoms with Gasteiger partial charge in [0.25, 0.3) is 5.91 Å². The van der Waals surface area contributed by atoms with Gasteiger partial charge in [-0.15, -0.1) is 0 Å². The summed E-state index contributed by atoms with van der Waals surface area (Å²) in [6.45, 7) is 18.7. The minimum atomic E-state index is -1.66. The SMILES string of the molecule is CC[C@H]1OC(=O)[C@H](C)[C@@H](OC2CC(C)(C)[C@@H](OC(=O)NNC(=O)/C=C/c3ccc(Br)cc3)[C@H](C)O2)[C@H](C)[C@@H](O[C@@H]2O[C@H](C)C[C@H](N(C)C)[C@H]2O)[C@@](C)(O)C[C@@H](C)CN(C)[C@H](C)[C@@H](OC(=O)NCCc2ccccc2)[C@H]1O. The largest absolute Gasteiger partial charge is 0.459 e. The van der Waals surface area contributed by atoms with Crippen LogP contribution < -0.4 is 16.2 Å². The third-order valence-electron chi connectivity index (χ3n) is 15.1. The number of carbonyl (C=O) groups is 4. The van der Waals surface area contributed by atoms with Gasteiger partial charge >= 0.3 is 18.2 Å². The highest BCUT2D eigenvalue weighted by molar-refractivity contribution is 9.10. The third kappa shape index (κ3) is 17.4. The third-order valence-corrected chi connectivity index (χ3v) is 15.6. The number of nitrogens with zero attached hydrogens (tertiary/aromatic N) is 2. The maximum atomic E-state index is 14.8. The van der Waals surface area contributed by atoms with Gasteiger partial charge in [0.2, 0.25) is 0 Å². The van der Waals surface area contributed by atoms with Crippen LogP contribution >= 0.6 is 15.9 Å². The molecule has 3 aliphatic heterocycles. The lowest BCUT2D eigenvalue weighted by Gasteiger charge is -2.49. The number of amides is 3. The number of ether oxygens (including phenoxy) is 7. The number of hydrogen-bond acceptors (Lipinski definition) is 16. The zero-order valence-corrected chi connectivity index (χ0v) is 48.2. The number of hydrogen-bond donors (Lipinski definition) is 6. The van der Waals surface area contributed by atoms with Crippen LogP contribution in [0, 0.1) is 23.2 Å². The Kier molecular flexibility index (Phi) is 23.1. The standard InChI is InChI=1S/C56H86BrN5O14/c1-14-42-46(65)48(74-53(67)58-27-26-38-18-16-15-17-19-38)36(6)62(13)31-32(2)29-56(10,69)49(75-52-45(64)41(61(11)12)28-33(3)70-52)34(4)47(35(5)51(66)72-42)73-44-30-55(8,9)50(37(7)71-44)76-54(68)60-59-43(63)25-22-39-20-23-40(57)24-21-39/h15-25,32-37,41-42,44-50,52,64-65,69H,14,26-31H2,1-13H3,(H,58,67)(H,59,63)(H,60,68)/b25-22+/t32-,33-,34+,35-,36-,37+,41+,42-,44?,45-,46+,47+,48-,49-,50+,52+,56+/m1/s1. The van der Waals surface area contributed by atoms with Gasteiger partial charge in [-0.25, -0.2) is 15.0 Å². The Bertz CT molecular complexity index is 2200. The molecule has 19 nitrogen and oxygen atoms in total. The van der Waals surface area contributed by atoms with Crippen molar-refractivity contribution in [1.29, 1.82) is 0 Å². The first-order valence-electron chi connectivity index (χ1n) is 26.7. The fraction of sp³-hybridized carbons (Fsp3) is 0.679. The highest BCUT2D eigenvalue weighted by Gasteiger charge is 2.52. The van der Waals surface area contributed by atoms with Crippen molar-refractivity contribution >= 4 is 46.1 Å². The van der Waals surface area contributed by atoms with Gasteiger partial charge in [0.05, 0.1) is 35.9 Å². The number of hydrazine groups is 1. The van der Waals surface area contributed by atoms with Crippen molar-refractivity contribution in [1.82, 2.24) is 26.0 Å². The summed E-state index contributed by atoms with van der Waals surface area (Å²) in [6, 6.07) is 16.1. The zero-order valence-electron chi connectivity index (χ0n) is 46.6. The van der Waals surface area contributed by atoms with E-state index in [9.17, 15) is 34.5 Å². The molecule has 0 saturated carbocycles. The molecule has 2 aromatic carbocycles. The summed E-state index contributed by atoms with van der Waals surface area (Å²) in [4.78, 5) is 57.9. The van der Waals surface area contributed by atoms with Crippen LogP contribution in [-0.2, 0) is 49.2 Å². The average molecular weight is 1130 g/mol. The molecule has 3 saturated heterocycles. The number of esters is 1. The van der Waals surface area contributed by atoms with Crippen LogP contribution in [0.25, 0.3) is 6.08 Å². The highest BCUT2D eigenvalue weighted by atomic mass is 79.9. The molecule has 1 unspecified atom stereocenters. The predicted octanol–water partition coefficient (Wildman–Crippen LogP) is 6.35. The number of cyclic esters (lactones) is 1. The van der Waals surface area contributed by atoms with Crippen molar-refractivity contribution in [3.05, 3.63) is 76.3 Å². The topological polar surface area (TPSA) is 236 Å². The van der Waals surface area contributed by atoms with E-state index in [1.165, 1.54) is 6.08 Å². The van der Waals surface area contributed by atoms with Gasteiger partial charge in [0.1, 0.15) is 30.5 Å². The first kappa shape index (κ1) is 62.6. The smallest absolute Gasteiger partial charge is 0.426 e. The van der Waals surface area contributed by atoms with Crippen LogP contribution in [0.5, 0.6) is 0 Å². The van der Waals surface area contributed by atoms with Crippen molar-refractivity contribution in [3.63, 3.8) is 0 Å². The van der Waals surface area contributed by atoms with Crippen LogP contribution in [0.1, 0.15) is 106 Å². The molecule has 0 aromatic heterocycles. The molecule has 3 aliphatic rings. The summed E-state index contributed by atoms with van der Waals surface area (Å²) < 4.78 is 45.6. The normalized spacial score (nSPS) is 35.1. The van der Waals surface area contributed by atoms with E-state index < -0.39 is 114 Å². The van der Waals surface area contributed by atoms with Gasteiger partial charge in [-0.2, -0.15) is 0 Å². The summed E-state index contributed by atoms with van der Waals surface area (Å²) >= 11 is 3.38. The van der Waals surface area contributed by atoms with Crippen molar-refractivity contribution < 1.29 is 67.7 Å². The van der Waals surface area contributed by atoms with Gasteiger partial charge in [-0.1, -0.05) is 93.0 Å². The van der Waals surface area contributed by atoms with Crippen LogP contribution in [0.2, 0.25) is 0 Å². The molecule has 3 fully saturated rings. The van der Waals surface area contributed by atoms with Crippen LogP contribution in [0.3, 0.4) is 0 Å². The molecule has 3 amide bonds. The monoisotopic (exact) mass is 1130 g/mol. The second-order valence-electron chi connectivity index (χ2n) is 22.4. The zero-order chi connectivity index (χ0) is 56.2. The molecule has 0 aliphatic carbocycles. The van der Waals surface area contributed by atoms with E-state index in [-0.39, 0.29) is 43.9 Å². The first-order valence-corrected chi connectivity index (χ1v) is 27.5. The number of aliphatic hydroxyl groups is 3. The highest BCUT2D eigenvalue weighted by Crippen LogP contribution is 2.42. The molecule has 0 radical (unpaired) electrons. The lowest BCUT2D eigenvalue weighted by molar-refractivity contribution is -0.312. The van der Waals surface area contributed by atoms with Crippen LogP contribution in [0.4, 0.5) is 9.59 Å². The predicted molar refractivity (Wildman–Crippen MR) is 289 cm³/mol. The molecule has 426 valence electrons. The van der Waals surface area contributed by atoms with Gasteiger partial charge in [0.15, 0.2) is 12.6 Å². The molecule has 0 bridgehead atoms. The molecular formula is C56H86BrN5O14. The number of alkyl carbamates (subject to hydrolysis) is 1. The Balaban J connectivity index is 1.44. The van der Waals surface area contributed by atoms with Gasteiger partial charge in [-0.05, 0) is 117 Å². The van der Waals surface area contributed by atoms with Crippen molar-refractivity contribution in [2.45, 2.75) is 187 Å². The lowest BCUT2D eigenvalue weighted by atomic mass is 9.77. The van der Waals surface area contributed by atoms with E-state index in [1.54, 1.807) is 40.7 Å². The average Bonchev–Trinajstić information content (AvgIpc) is 3.35. The number of aliphatic hydroxyl groups excluding tert-OH is 2. The molecule has 17 atom stereocenters. The summed E-state index contributed by atoms with van der Waals surface area (Å²) in [5.41, 5.74) is 3.97. The molecule has 2 aromatic rings. The Labute approximate surface area is 458 Å². The summed E-state index contributed by atoms with van der Waals surface area (Å²) in [5, 5.41) is 39.7. The van der Waals surface area contributed by atoms with E-state index >= 15 is 0 Å². The van der Waals surface area contributed by atoms with E-state index in [0.717, 1.165) is 15.6 Å². The second-order valence-corrected chi connectivity index (χ2v) is 23.3. The minimum absolute atomic E-state index is 0.152. The van der Waals surface area contributed by atoms with Crippen LogP contribution in [0.15, 0.2) is 65.1 Å². The molecular weight excluding hydrogens is 1050 g/mol. The number of likely N-dealkylation sites (N-methyl/N-ethyl adjacent to an activating group) is 2. The van der Waals surface area contributed by atoms with Crippen molar-refractivity contribution in [2.24, 2.45) is 23.2 Å². The van der Waals surface area contributed by atoms with Crippen LogP contribution in [-0.4, -0.2) is 169 Å². The second kappa shape index (κ2) is 28.1. The van der Waals surface area contributed by atoms with Crippen molar-refractivity contribution in [2.75, 3.05) is 34.2 Å². The first-order chi connectivity index (χ1) is 35.7. The Morgan fingerprint density at radius 1 is 0.868 bits per heavy atom. The minimum Gasteiger partial charge on any atom is -0.459 e. The quantitative estimate of drug-likeness (QED) is 0.0555. The van der Waals surface area contributed by atoms with Gasteiger partial charge < -0.3 is 58.7 Å². The van der Waals surface area contributed by atoms with Crippen molar-refractivity contribution in [3.8, 4) is 0 Å². The molecule has 6 N–H and O–H groups in total. The van der Waals surface area contributed by atoms with E-state index in [0.29, 0.717) is 19.4 Å². The molecule has 76 heavy (non-hydrogen) atoms. The number of rotatable bonds is 13.